The largest absolute Gasteiger partial charge is 0.481 e. The molecule has 116 valence electrons. The zero-order chi connectivity index (χ0) is 15.7. The third-order valence-electron chi connectivity index (χ3n) is 4.35. The molecule has 2 aliphatic heterocycles. The maximum absolute atomic E-state index is 12.4. The van der Waals surface area contributed by atoms with Gasteiger partial charge >= 0.3 is 5.97 Å². The Bertz CT molecular complexity index is 628. The number of piperidine rings is 1. The molecule has 0 radical (unpaired) electrons. The summed E-state index contributed by atoms with van der Waals surface area (Å²) >= 11 is 0. The minimum Gasteiger partial charge on any atom is -0.481 e. The Morgan fingerprint density at radius 3 is 2.77 bits per heavy atom. The molecule has 0 aliphatic carbocycles. The quantitative estimate of drug-likeness (QED) is 0.902. The van der Waals surface area contributed by atoms with Crippen LogP contribution in [0, 0.1) is 5.92 Å². The molecule has 1 saturated heterocycles. The van der Waals surface area contributed by atoms with Gasteiger partial charge in [0.15, 0.2) is 0 Å². The average molecular weight is 302 g/mol. The van der Waals surface area contributed by atoms with Crippen molar-refractivity contribution in [2.24, 2.45) is 5.92 Å². The summed E-state index contributed by atoms with van der Waals surface area (Å²) in [5.41, 5.74) is 1.58. The summed E-state index contributed by atoms with van der Waals surface area (Å²) in [4.78, 5) is 38.8. The van der Waals surface area contributed by atoms with E-state index in [1.807, 2.05) is 18.2 Å². The Kier molecular flexibility index (Phi) is 3.83. The number of aliphatic carboxylic acids is 1. The van der Waals surface area contributed by atoms with E-state index in [1.165, 1.54) is 4.90 Å². The predicted molar refractivity (Wildman–Crippen MR) is 78.1 cm³/mol. The summed E-state index contributed by atoms with van der Waals surface area (Å²) in [6.07, 6.45) is 1.30. The molecule has 6 nitrogen and oxygen atoms in total. The average Bonchev–Trinajstić information content (AvgIpc) is 2.84. The van der Waals surface area contributed by atoms with Crippen molar-refractivity contribution in [3.05, 3.63) is 35.4 Å². The molecule has 0 bridgehead atoms. The van der Waals surface area contributed by atoms with Gasteiger partial charge in [0.05, 0.1) is 5.92 Å². The first-order valence-corrected chi connectivity index (χ1v) is 7.44. The van der Waals surface area contributed by atoms with Crippen molar-refractivity contribution in [1.29, 1.82) is 0 Å². The third-order valence-corrected chi connectivity index (χ3v) is 4.35. The van der Waals surface area contributed by atoms with Crippen molar-refractivity contribution in [3.63, 3.8) is 0 Å². The van der Waals surface area contributed by atoms with E-state index in [1.54, 1.807) is 11.0 Å². The fourth-order valence-corrected chi connectivity index (χ4v) is 3.11. The lowest BCUT2D eigenvalue weighted by Crippen LogP contribution is -2.46. The van der Waals surface area contributed by atoms with Crippen molar-refractivity contribution < 1.29 is 19.5 Å². The van der Waals surface area contributed by atoms with Gasteiger partial charge < -0.3 is 14.9 Å². The lowest BCUT2D eigenvalue weighted by Gasteiger charge is -2.31. The maximum atomic E-state index is 12.4. The monoisotopic (exact) mass is 302 g/mol. The molecule has 1 unspecified atom stereocenters. The molecule has 1 aromatic carbocycles. The highest BCUT2D eigenvalue weighted by atomic mass is 16.4. The standard InChI is InChI=1S/C16H18N2O4/c19-14(17-7-3-5-12(9-17)16(21)22)10-18-8-11-4-1-2-6-13(11)15(18)20/h1-2,4,6,12H,3,5,7-10H2,(H,21,22). The maximum Gasteiger partial charge on any atom is 0.308 e. The number of fused-ring (bicyclic) bond motifs is 1. The lowest BCUT2D eigenvalue weighted by atomic mass is 9.98. The fourth-order valence-electron chi connectivity index (χ4n) is 3.11. The number of hydrogen-bond donors (Lipinski definition) is 1. The SMILES string of the molecule is O=C(O)C1CCCN(C(=O)CN2Cc3ccccc3C2=O)C1. The smallest absolute Gasteiger partial charge is 0.308 e. The molecular weight excluding hydrogens is 284 g/mol. The first-order chi connectivity index (χ1) is 10.6. The van der Waals surface area contributed by atoms with Gasteiger partial charge in [-0.3, -0.25) is 14.4 Å². The van der Waals surface area contributed by atoms with Gasteiger partial charge in [0.25, 0.3) is 5.91 Å². The topological polar surface area (TPSA) is 77.9 Å². The molecule has 0 aromatic heterocycles. The van der Waals surface area contributed by atoms with Crippen LogP contribution in [0.4, 0.5) is 0 Å². The van der Waals surface area contributed by atoms with Crippen LogP contribution in [0.2, 0.25) is 0 Å². The van der Waals surface area contributed by atoms with E-state index in [-0.39, 0.29) is 24.9 Å². The first kappa shape index (κ1) is 14.6. The summed E-state index contributed by atoms with van der Waals surface area (Å²) in [5, 5.41) is 9.08. The highest BCUT2D eigenvalue weighted by Crippen LogP contribution is 2.23. The van der Waals surface area contributed by atoms with Crippen molar-refractivity contribution in [1.82, 2.24) is 9.80 Å². The van der Waals surface area contributed by atoms with Gasteiger partial charge in [-0.05, 0) is 24.5 Å². The van der Waals surface area contributed by atoms with Gasteiger partial charge in [-0.1, -0.05) is 18.2 Å². The molecular formula is C16H18N2O4. The van der Waals surface area contributed by atoms with Crippen LogP contribution >= 0.6 is 0 Å². The fraction of sp³-hybridized carbons (Fsp3) is 0.438. The van der Waals surface area contributed by atoms with Gasteiger partial charge in [0.1, 0.15) is 6.54 Å². The summed E-state index contributed by atoms with van der Waals surface area (Å²) in [6.45, 7) is 1.26. The van der Waals surface area contributed by atoms with E-state index < -0.39 is 11.9 Å². The van der Waals surface area contributed by atoms with E-state index in [0.29, 0.717) is 31.5 Å². The van der Waals surface area contributed by atoms with Crippen molar-refractivity contribution in [2.45, 2.75) is 19.4 Å². The van der Waals surface area contributed by atoms with Gasteiger partial charge in [-0.25, -0.2) is 0 Å². The molecule has 1 N–H and O–H groups in total. The first-order valence-electron chi connectivity index (χ1n) is 7.44. The van der Waals surface area contributed by atoms with Crippen LogP contribution in [-0.2, 0) is 16.1 Å². The number of likely N-dealkylation sites (tertiary alicyclic amines) is 1. The van der Waals surface area contributed by atoms with Gasteiger partial charge in [0, 0.05) is 25.2 Å². The van der Waals surface area contributed by atoms with E-state index in [0.717, 1.165) is 5.56 Å². The Balaban J connectivity index is 1.63. The Morgan fingerprint density at radius 1 is 1.27 bits per heavy atom. The molecule has 0 spiro atoms. The summed E-state index contributed by atoms with van der Waals surface area (Å²) < 4.78 is 0. The molecule has 2 heterocycles. The van der Waals surface area contributed by atoms with Crippen LogP contribution in [0.15, 0.2) is 24.3 Å². The summed E-state index contributed by atoms with van der Waals surface area (Å²) in [6, 6.07) is 7.34. The number of hydrogen-bond acceptors (Lipinski definition) is 3. The second kappa shape index (κ2) is 5.79. The van der Waals surface area contributed by atoms with E-state index in [9.17, 15) is 14.4 Å². The summed E-state index contributed by atoms with van der Waals surface area (Å²) in [7, 11) is 0. The Hall–Kier alpha value is -2.37. The van der Waals surface area contributed by atoms with Crippen molar-refractivity contribution in [2.75, 3.05) is 19.6 Å². The summed E-state index contributed by atoms with van der Waals surface area (Å²) in [5.74, 6) is -1.66. The van der Waals surface area contributed by atoms with Crippen LogP contribution in [0.1, 0.15) is 28.8 Å². The minimum atomic E-state index is -0.859. The van der Waals surface area contributed by atoms with Crippen LogP contribution in [-0.4, -0.2) is 52.3 Å². The van der Waals surface area contributed by atoms with Crippen LogP contribution in [0.25, 0.3) is 0 Å². The molecule has 2 amide bonds. The number of carbonyl (C=O) groups excluding carboxylic acids is 2. The van der Waals surface area contributed by atoms with Gasteiger partial charge in [0.2, 0.25) is 5.91 Å². The molecule has 0 saturated carbocycles. The van der Waals surface area contributed by atoms with Gasteiger partial charge in [-0.15, -0.1) is 0 Å². The highest BCUT2D eigenvalue weighted by molar-refractivity contribution is 6.00. The molecule has 22 heavy (non-hydrogen) atoms. The normalized spacial score (nSPS) is 20.9. The Labute approximate surface area is 128 Å². The third kappa shape index (κ3) is 2.68. The van der Waals surface area contributed by atoms with E-state index in [2.05, 4.69) is 0 Å². The number of carboxylic acid groups (broad SMARTS) is 1. The Morgan fingerprint density at radius 2 is 2.05 bits per heavy atom. The lowest BCUT2D eigenvalue weighted by molar-refractivity contribution is -0.145. The van der Waals surface area contributed by atoms with Crippen molar-refractivity contribution in [3.8, 4) is 0 Å². The van der Waals surface area contributed by atoms with Gasteiger partial charge in [-0.2, -0.15) is 0 Å². The molecule has 3 rings (SSSR count). The molecule has 1 fully saturated rings. The second-order valence-corrected chi connectivity index (χ2v) is 5.84. The number of amides is 2. The molecule has 1 aromatic rings. The number of carboxylic acids is 1. The van der Waals surface area contributed by atoms with Crippen LogP contribution < -0.4 is 0 Å². The molecule has 6 heteroatoms. The minimum absolute atomic E-state index is 0.0137. The second-order valence-electron chi connectivity index (χ2n) is 5.84. The van der Waals surface area contributed by atoms with Crippen LogP contribution in [0.5, 0.6) is 0 Å². The van der Waals surface area contributed by atoms with E-state index >= 15 is 0 Å². The highest BCUT2D eigenvalue weighted by Gasteiger charge is 2.32. The molecule has 2 aliphatic rings. The number of benzene rings is 1. The molecule has 1 atom stereocenters. The number of rotatable bonds is 3. The number of carbonyl (C=O) groups is 3. The zero-order valence-electron chi connectivity index (χ0n) is 12.2. The van der Waals surface area contributed by atoms with Crippen molar-refractivity contribution >= 4 is 17.8 Å². The van der Waals surface area contributed by atoms with E-state index in [4.69, 9.17) is 5.11 Å². The zero-order valence-corrected chi connectivity index (χ0v) is 12.2. The predicted octanol–water partition coefficient (Wildman–Crippen LogP) is 0.966. The number of nitrogens with zero attached hydrogens (tertiary/aromatic N) is 2. The van der Waals surface area contributed by atoms with Crippen LogP contribution in [0.3, 0.4) is 0 Å².